The molecule has 0 spiro atoms. The van der Waals surface area contributed by atoms with E-state index < -0.39 is 0 Å². The van der Waals surface area contributed by atoms with Gasteiger partial charge in [0.1, 0.15) is 5.75 Å². The van der Waals surface area contributed by atoms with Crippen molar-refractivity contribution in [2.24, 2.45) is 0 Å². The maximum Gasteiger partial charge on any atom is 0.180 e. The van der Waals surface area contributed by atoms with Crippen LogP contribution in [0, 0.1) is 0 Å². The van der Waals surface area contributed by atoms with E-state index in [0.717, 1.165) is 50.5 Å². The molecule has 1 aromatic carbocycles. The van der Waals surface area contributed by atoms with Gasteiger partial charge < -0.3 is 15.0 Å². The number of carbonyl (C=O) groups excluding carboxylic acids is 1. The summed E-state index contributed by atoms with van der Waals surface area (Å²) < 4.78 is 5.98. The van der Waals surface area contributed by atoms with E-state index in [1.807, 2.05) is 24.3 Å². The van der Waals surface area contributed by atoms with E-state index in [0.29, 0.717) is 19.2 Å². The van der Waals surface area contributed by atoms with Crippen LogP contribution in [0.5, 0.6) is 5.75 Å². The summed E-state index contributed by atoms with van der Waals surface area (Å²) in [5, 5.41) is 3.54. The van der Waals surface area contributed by atoms with E-state index >= 15 is 0 Å². The fourth-order valence-corrected chi connectivity index (χ4v) is 3.60. The second-order valence-electron chi connectivity index (χ2n) is 7.28. The average Bonchev–Trinajstić information content (AvgIpc) is 2.65. The number of carbonyl (C=O) groups is 1. The molecule has 2 saturated heterocycles. The molecule has 1 N–H and O–H groups in total. The van der Waals surface area contributed by atoms with Crippen molar-refractivity contribution < 1.29 is 9.53 Å². The van der Waals surface area contributed by atoms with Gasteiger partial charge in [0, 0.05) is 32.2 Å². The highest BCUT2D eigenvalue weighted by molar-refractivity contribution is 6.00. The highest BCUT2D eigenvalue weighted by Gasteiger charge is 2.20. The summed E-state index contributed by atoms with van der Waals surface area (Å²) in [4.78, 5) is 17.3. The molecule has 2 aliphatic rings. The molecule has 3 rings (SSSR count). The summed E-state index contributed by atoms with van der Waals surface area (Å²) in [7, 11) is 2.13. The van der Waals surface area contributed by atoms with E-state index in [2.05, 4.69) is 22.2 Å². The van der Waals surface area contributed by atoms with Crippen molar-refractivity contribution in [1.29, 1.82) is 0 Å². The van der Waals surface area contributed by atoms with Gasteiger partial charge in [-0.1, -0.05) is 18.6 Å². The van der Waals surface area contributed by atoms with Crippen molar-refractivity contribution in [1.82, 2.24) is 15.1 Å². The van der Waals surface area contributed by atoms with Gasteiger partial charge in [0.15, 0.2) is 5.78 Å². The van der Waals surface area contributed by atoms with E-state index in [-0.39, 0.29) is 5.78 Å². The molecule has 5 heteroatoms. The van der Waals surface area contributed by atoms with Crippen molar-refractivity contribution in [2.75, 3.05) is 52.9 Å². The molecule has 0 bridgehead atoms. The van der Waals surface area contributed by atoms with Crippen LogP contribution >= 0.6 is 0 Å². The van der Waals surface area contributed by atoms with E-state index in [1.165, 1.54) is 19.3 Å². The Balaban J connectivity index is 1.51. The third-order valence-electron chi connectivity index (χ3n) is 5.29. The first kappa shape index (κ1) is 18.4. The molecule has 25 heavy (non-hydrogen) atoms. The van der Waals surface area contributed by atoms with Gasteiger partial charge in [-0.3, -0.25) is 9.69 Å². The van der Waals surface area contributed by atoms with Crippen LogP contribution in [0.25, 0.3) is 0 Å². The summed E-state index contributed by atoms with van der Waals surface area (Å²) in [5.41, 5.74) is 0.720. The number of hydrogen-bond donors (Lipinski definition) is 1. The molecule has 138 valence electrons. The summed E-state index contributed by atoms with van der Waals surface area (Å²) in [6.45, 7) is 6.23. The van der Waals surface area contributed by atoms with Crippen LogP contribution in [0.3, 0.4) is 0 Å². The molecule has 2 heterocycles. The first-order valence-corrected chi connectivity index (χ1v) is 9.61. The maximum absolute atomic E-state index is 12.7. The van der Waals surface area contributed by atoms with Gasteiger partial charge in [0.2, 0.25) is 0 Å². The Hall–Kier alpha value is -1.43. The van der Waals surface area contributed by atoms with Gasteiger partial charge >= 0.3 is 0 Å². The molecule has 2 aliphatic heterocycles. The SMILES string of the molecule is CN1CCN(CC(=O)c2ccccc2OCCC2CCCCN2)CC1. The zero-order chi connectivity index (χ0) is 17.5. The Morgan fingerprint density at radius 2 is 2.00 bits per heavy atom. The third-order valence-corrected chi connectivity index (χ3v) is 5.29. The summed E-state index contributed by atoms with van der Waals surface area (Å²) >= 11 is 0. The predicted molar refractivity (Wildman–Crippen MR) is 100 cm³/mol. The lowest BCUT2D eigenvalue weighted by Crippen LogP contribution is -2.46. The van der Waals surface area contributed by atoms with Crippen molar-refractivity contribution in [3.63, 3.8) is 0 Å². The second-order valence-corrected chi connectivity index (χ2v) is 7.28. The number of nitrogens with zero attached hydrogens (tertiary/aromatic N) is 2. The minimum Gasteiger partial charge on any atom is -0.493 e. The lowest BCUT2D eigenvalue weighted by Gasteiger charge is -2.31. The lowest BCUT2D eigenvalue weighted by atomic mass is 10.0. The molecule has 0 amide bonds. The number of ketones is 1. The minimum atomic E-state index is 0.163. The number of likely N-dealkylation sites (N-methyl/N-ethyl adjacent to an activating group) is 1. The van der Waals surface area contributed by atoms with Crippen LogP contribution in [0.15, 0.2) is 24.3 Å². The van der Waals surface area contributed by atoms with E-state index in [4.69, 9.17) is 4.74 Å². The molecule has 0 aromatic heterocycles. The smallest absolute Gasteiger partial charge is 0.180 e. The molecule has 1 atom stereocenters. The highest BCUT2D eigenvalue weighted by atomic mass is 16.5. The monoisotopic (exact) mass is 345 g/mol. The topological polar surface area (TPSA) is 44.8 Å². The van der Waals surface area contributed by atoms with Crippen LogP contribution in [-0.4, -0.2) is 74.5 Å². The number of ether oxygens (including phenoxy) is 1. The molecule has 0 radical (unpaired) electrons. The van der Waals surface area contributed by atoms with Gasteiger partial charge in [0.25, 0.3) is 0 Å². The van der Waals surface area contributed by atoms with Gasteiger partial charge in [-0.05, 0) is 45.0 Å². The number of hydrogen-bond acceptors (Lipinski definition) is 5. The van der Waals surface area contributed by atoms with Crippen molar-refractivity contribution in [3.05, 3.63) is 29.8 Å². The third kappa shape index (κ3) is 5.53. The molecule has 2 fully saturated rings. The second kappa shape index (κ2) is 9.32. The Kier molecular flexibility index (Phi) is 6.84. The van der Waals surface area contributed by atoms with Crippen molar-refractivity contribution in [2.45, 2.75) is 31.7 Å². The normalized spacial score (nSPS) is 22.7. The van der Waals surface area contributed by atoms with Crippen molar-refractivity contribution >= 4 is 5.78 Å². The van der Waals surface area contributed by atoms with Crippen LogP contribution in [0.1, 0.15) is 36.0 Å². The number of para-hydroxylation sites is 1. The quantitative estimate of drug-likeness (QED) is 0.766. The van der Waals surface area contributed by atoms with Crippen LogP contribution in [-0.2, 0) is 0 Å². The molecule has 1 unspecified atom stereocenters. The van der Waals surface area contributed by atoms with E-state index in [1.54, 1.807) is 0 Å². The van der Waals surface area contributed by atoms with Crippen LogP contribution in [0.2, 0.25) is 0 Å². The Labute approximate surface area is 151 Å². The summed E-state index contributed by atoms with van der Waals surface area (Å²) in [6, 6.07) is 8.24. The average molecular weight is 345 g/mol. The number of piperidine rings is 1. The highest BCUT2D eigenvalue weighted by Crippen LogP contribution is 2.20. The van der Waals surface area contributed by atoms with Gasteiger partial charge in [-0.2, -0.15) is 0 Å². The number of Topliss-reactive ketones (excluding diaryl/α,β-unsaturated/α-hetero) is 1. The Morgan fingerprint density at radius 1 is 1.20 bits per heavy atom. The molecule has 0 saturated carbocycles. The van der Waals surface area contributed by atoms with Crippen molar-refractivity contribution in [3.8, 4) is 5.75 Å². The Morgan fingerprint density at radius 3 is 2.76 bits per heavy atom. The first-order chi connectivity index (χ1) is 12.2. The lowest BCUT2D eigenvalue weighted by molar-refractivity contribution is 0.0872. The Bertz CT molecular complexity index is 550. The molecule has 1 aromatic rings. The largest absolute Gasteiger partial charge is 0.493 e. The van der Waals surface area contributed by atoms with Gasteiger partial charge in [0.05, 0.1) is 18.7 Å². The zero-order valence-electron chi connectivity index (χ0n) is 15.4. The fraction of sp³-hybridized carbons (Fsp3) is 0.650. The standard InChI is InChI=1S/C20H31N3O2/c1-22-11-13-23(14-12-22)16-19(24)18-7-2-3-8-20(18)25-15-9-17-6-4-5-10-21-17/h2-3,7-8,17,21H,4-6,9-16H2,1H3. The predicted octanol–water partition coefficient (Wildman–Crippen LogP) is 2.03. The number of piperazine rings is 1. The molecular formula is C20H31N3O2. The first-order valence-electron chi connectivity index (χ1n) is 9.61. The molecular weight excluding hydrogens is 314 g/mol. The van der Waals surface area contributed by atoms with Crippen LogP contribution < -0.4 is 10.1 Å². The number of benzene rings is 1. The van der Waals surface area contributed by atoms with E-state index in [9.17, 15) is 4.79 Å². The van der Waals surface area contributed by atoms with Gasteiger partial charge in [-0.25, -0.2) is 0 Å². The van der Waals surface area contributed by atoms with Gasteiger partial charge in [-0.15, -0.1) is 0 Å². The zero-order valence-corrected chi connectivity index (χ0v) is 15.4. The molecule has 5 nitrogen and oxygen atoms in total. The fourth-order valence-electron chi connectivity index (χ4n) is 3.60. The van der Waals surface area contributed by atoms with Crippen LogP contribution in [0.4, 0.5) is 0 Å². The molecule has 0 aliphatic carbocycles. The minimum absolute atomic E-state index is 0.163. The number of nitrogens with one attached hydrogen (secondary N) is 1. The summed E-state index contributed by atoms with van der Waals surface area (Å²) in [5.74, 6) is 0.897. The summed E-state index contributed by atoms with van der Waals surface area (Å²) in [6.07, 6.45) is 4.81. The number of rotatable bonds is 7. The maximum atomic E-state index is 12.7.